The van der Waals surface area contributed by atoms with Gasteiger partial charge in [0.15, 0.2) is 0 Å². The van der Waals surface area contributed by atoms with Crippen molar-refractivity contribution < 1.29 is 13.9 Å². The van der Waals surface area contributed by atoms with Gasteiger partial charge in [0.1, 0.15) is 5.82 Å². The third-order valence-electron chi connectivity index (χ3n) is 3.30. The van der Waals surface area contributed by atoms with Gasteiger partial charge in [-0.3, -0.25) is 0 Å². The van der Waals surface area contributed by atoms with Gasteiger partial charge in [0.05, 0.1) is 18.8 Å². The van der Waals surface area contributed by atoms with Gasteiger partial charge >= 0.3 is 0 Å². The van der Waals surface area contributed by atoms with E-state index in [0.717, 1.165) is 18.6 Å². The molecule has 1 N–H and O–H groups in total. The fourth-order valence-corrected chi connectivity index (χ4v) is 2.17. The van der Waals surface area contributed by atoms with Gasteiger partial charge in [-0.25, -0.2) is 4.39 Å². The summed E-state index contributed by atoms with van der Waals surface area (Å²) in [5.74, 6) is -0.222. The van der Waals surface area contributed by atoms with E-state index in [0.29, 0.717) is 13.2 Å². The summed E-state index contributed by atoms with van der Waals surface area (Å²) in [5.41, 5.74) is 1.02. The summed E-state index contributed by atoms with van der Waals surface area (Å²) in [6.45, 7) is 8.46. The van der Waals surface area contributed by atoms with E-state index in [4.69, 9.17) is 9.47 Å². The second kappa shape index (κ2) is 6.66. The molecule has 3 nitrogen and oxygen atoms in total. The standard InChI is InChI=1S/C16H24FNO2/c1-16(2,3)18-10-15(20-14-8-9-19-11-14)12-4-6-13(17)7-5-12/h4-7,14-15,18H,8-11H2,1-3H3. The van der Waals surface area contributed by atoms with Gasteiger partial charge in [-0.2, -0.15) is 0 Å². The molecule has 4 heteroatoms. The van der Waals surface area contributed by atoms with Crippen LogP contribution < -0.4 is 5.32 Å². The Balaban J connectivity index is 2.03. The summed E-state index contributed by atoms with van der Waals surface area (Å²) in [5, 5.41) is 3.45. The molecule has 0 radical (unpaired) electrons. The van der Waals surface area contributed by atoms with Gasteiger partial charge in [-0.05, 0) is 44.9 Å². The number of benzene rings is 1. The van der Waals surface area contributed by atoms with Gasteiger partial charge < -0.3 is 14.8 Å². The number of hydrogen-bond donors (Lipinski definition) is 1. The maximum atomic E-state index is 13.1. The van der Waals surface area contributed by atoms with Crippen molar-refractivity contribution in [2.24, 2.45) is 0 Å². The largest absolute Gasteiger partial charge is 0.379 e. The molecule has 20 heavy (non-hydrogen) atoms. The minimum Gasteiger partial charge on any atom is -0.379 e. The first kappa shape index (κ1) is 15.4. The summed E-state index contributed by atoms with van der Waals surface area (Å²) in [4.78, 5) is 0. The fraction of sp³-hybridized carbons (Fsp3) is 0.625. The Morgan fingerprint density at radius 1 is 1.35 bits per heavy atom. The van der Waals surface area contributed by atoms with Crippen molar-refractivity contribution >= 4 is 0 Å². The van der Waals surface area contributed by atoms with Crippen molar-refractivity contribution in [2.75, 3.05) is 19.8 Å². The van der Waals surface area contributed by atoms with E-state index in [1.165, 1.54) is 12.1 Å². The molecule has 0 spiro atoms. The van der Waals surface area contributed by atoms with Crippen molar-refractivity contribution in [1.82, 2.24) is 5.32 Å². The molecule has 1 aliphatic heterocycles. The Kier molecular flexibility index (Phi) is 5.13. The number of rotatable bonds is 5. The molecule has 2 rings (SSSR count). The lowest BCUT2D eigenvalue weighted by Crippen LogP contribution is -2.39. The van der Waals surface area contributed by atoms with Gasteiger partial charge in [0, 0.05) is 18.7 Å². The van der Waals surface area contributed by atoms with Crippen LogP contribution in [0.3, 0.4) is 0 Å². The predicted molar refractivity (Wildman–Crippen MR) is 77.2 cm³/mol. The second-order valence-corrected chi connectivity index (χ2v) is 6.29. The van der Waals surface area contributed by atoms with Crippen LogP contribution in [0.2, 0.25) is 0 Å². The number of halogens is 1. The first-order valence-electron chi connectivity index (χ1n) is 7.18. The number of ether oxygens (including phenoxy) is 2. The number of nitrogens with one attached hydrogen (secondary N) is 1. The quantitative estimate of drug-likeness (QED) is 0.900. The molecular weight excluding hydrogens is 257 g/mol. The first-order chi connectivity index (χ1) is 9.44. The van der Waals surface area contributed by atoms with Crippen LogP contribution in [0.25, 0.3) is 0 Å². The zero-order valence-corrected chi connectivity index (χ0v) is 12.5. The van der Waals surface area contributed by atoms with Crippen molar-refractivity contribution in [3.05, 3.63) is 35.6 Å². The zero-order valence-electron chi connectivity index (χ0n) is 12.5. The third kappa shape index (κ3) is 4.85. The molecule has 1 aliphatic rings. The van der Waals surface area contributed by atoms with E-state index in [1.54, 1.807) is 12.1 Å². The summed E-state index contributed by atoms with van der Waals surface area (Å²) in [7, 11) is 0. The minimum atomic E-state index is -0.222. The molecule has 2 atom stereocenters. The molecule has 0 aliphatic carbocycles. The van der Waals surface area contributed by atoms with Crippen molar-refractivity contribution in [3.8, 4) is 0 Å². The van der Waals surface area contributed by atoms with Crippen molar-refractivity contribution in [2.45, 2.75) is 44.9 Å². The average molecular weight is 281 g/mol. The van der Waals surface area contributed by atoms with Gasteiger partial charge in [0.2, 0.25) is 0 Å². The highest BCUT2D eigenvalue weighted by Crippen LogP contribution is 2.23. The summed E-state index contributed by atoms with van der Waals surface area (Å²) in [6.07, 6.45) is 0.973. The van der Waals surface area contributed by atoms with E-state index in [-0.39, 0.29) is 23.6 Å². The Hall–Kier alpha value is -0.970. The normalized spacial score (nSPS) is 21.1. The van der Waals surface area contributed by atoms with Gasteiger partial charge in [-0.15, -0.1) is 0 Å². The molecule has 1 saturated heterocycles. The Morgan fingerprint density at radius 2 is 2.05 bits per heavy atom. The molecule has 0 amide bonds. The SMILES string of the molecule is CC(C)(C)NCC(OC1CCOC1)c1ccc(F)cc1. The smallest absolute Gasteiger partial charge is 0.123 e. The van der Waals surface area contributed by atoms with E-state index in [2.05, 4.69) is 26.1 Å². The molecule has 1 aromatic carbocycles. The summed E-state index contributed by atoms with van der Waals surface area (Å²) < 4.78 is 24.5. The van der Waals surface area contributed by atoms with Crippen LogP contribution in [-0.2, 0) is 9.47 Å². The lowest BCUT2D eigenvalue weighted by Gasteiger charge is -2.27. The van der Waals surface area contributed by atoms with Crippen LogP contribution in [-0.4, -0.2) is 31.4 Å². The Bertz CT molecular complexity index is 407. The molecular formula is C16H24FNO2. The monoisotopic (exact) mass is 281 g/mol. The van der Waals surface area contributed by atoms with Crippen LogP contribution in [0.15, 0.2) is 24.3 Å². The third-order valence-corrected chi connectivity index (χ3v) is 3.30. The van der Waals surface area contributed by atoms with Crippen LogP contribution in [0.5, 0.6) is 0 Å². The van der Waals surface area contributed by atoms with Crippen molar-refractivity contribution in [1.29, 1.82) is 0 Å². The van der Waals surface area contributed by atoms with Crippen molar-refractivity contribution in [3.63, 3.8) is 0 Å². The Labute approximate surface area is 120 Å². The highest BCUT2D eigenvalue weighted by Gasteiger charge is 2.23. The fourth-order valence-electron chi connectivity index (χ4n) is 2.17. The molecule has 1 aromatic rings. The maximum Gasteiger partial charge on any atom is 0.123 e. The molecule has 0 bridgehead atoms. The lowest BCUT2D eigenvalue weighted by molar-refractivity contribution is -0.0188. The summed E-state index contributed by atoms with van der Waals surface area (Å²) in [6, 6.07) is 6.54. The summed E-state index contributed by atoms with van der Waals surface area (Å²) >= 11 is 0. The molecule has 0 saturated carbocycles. The van der Waals surface area contributed by atoms with Crippen LogP contribution in [0, 0.1) is 5.82 Å². The number of hydrogen-bond acceptors (Lipinski definition) is 3. The van der Waals surface area contributed by atoms with E-state index < -0.39 is 0 Å². The highest BCUT2D eigenvalue weighted by atomic mass is 19.1. The van der Waals surface area contributed by atoms with Crippen LogP contribution >= 0.6 is 0 Å². The minimum absolute atomic E-state index is 0.0216. The second-order valence-electron chi connectivity index (χ2n) is 6.29. The van der Waals surface area contributed by atoms with Gasteiger partial charge in [0.25, 0.3) is 0 Å². The first-order valence-corrected chi connectivity index (χ1v) is 7.18. The molecule has 0 aromatic heterocycles. The Morgan fingerprint density at radius 3 is 2.60 bits per heavy atom. The maximum absolute atomic E-state index is 13.1. The molecule has 2 unspecified atom stereocenters. The molecule has 112 valence electrons. The zero-order chi connectivity index (χ0) is 14.6. The van der Waals surface area contributed by atoms with Crippen LogP contribution in [0.4, 0.5) is 4.39 Å². The molecule has 1 heterocycles. The van der Waals surface area contributed by atoms with Gasteiger partial charge in [-0.1, -0.05) is 12.1 Å². The average Bonchev–Trinajstić information content (AvgIpc) is 2.87. The van der Waals surface area contributed by atoms with E-state index in [9.17, 15) is 4.39 Å². The highest BCUT2D eigenvalue weighted by molar-refractivity contribution is 5.19. The van der Waals surface area contributed by atoms with Crippen LogP contribution in [0.1, 0.15) is 38.9 Å². The topological polar surface area (TPSA) is 30.5 Å². The predicted octanol–water partition coefficient (Wildman–Crippen LogP) is 3.06. The van der Waals surface area contributed by atoms with E-state index in [1.807, 2.05) is 0 Å². The van der Waals surface area contributed by atoms with E-state index >= 15 is 0 Å². The lowest BCUT2D eigenvalue weighted by atomic mass is 10.1. The molecule has 1 fully saturated rings.